The summed E-state index contributed by atoms with van der Waals surface area (Å²) in [4.78, 5) is 24.8. The number of rotatable bonds is 2. The van der Waals surface area contributed by atoms with Crippen molar-refractivity contribution in [2.75, 3.05) is 0 Å². The number of aromatic nitrogens is 4. The Morgan fingerprint density at radius 1 is 1.40 bits per heavy atom. The third-order valence-corrected chi connectivity index (χ3v) is 3.46. The van der Waals surface area contributed by atoms with Crippen LogP contribution in [0, 0.1) is 13.8 Å². The van der Waals surface area contributed by atoms with Crippen molar-refractivity contribution >= 4 is 5.91 Å². The summed E-state index contributed by atoms with van der Waals surface area (Å²) in [5.74, 6) is 1.57. The van der Waals surface area contributed by atoms with Crippen LogP contribution in [0.15, 0.2) is 18.5 Å². The van der Waals surface area contributed by atoms with Crippen LogP contribution in [0.1, 0.15) is 34.3 Å². The van der Waals surface area contributed by atoms with Crippen LogP contribution in [0.5, 0.6) is 0 Å². The molecule has 6 heteroatoms. The predicted octanol–water partition coefficient (Wildman–Crippen LogP) is 1.03. The van der Waals surface area contributed by atoms with Crippen molar-refractivity contribution in [3.05, 3.63) is 41.5 Å². The molecule has 3 rings (SSSR count). The zero-order valence-electron chi connectivity index (χ0n) is 11.6. The van der Waals surface area contributed by atoms with E-state index in [-0.39, 0.29) is 11.9 Å². The van der Waals surface area contributed by atoms with Crippen molar-refractivity contribution in [1.82, 2.24) is 24.8 Å². The van der Waals surface area contributed by atoms with E-state index in [4.69, 9.17) is 0 Å². The molecule has 20 heavy (non-hydrogen) atoms. The molecule has 0 saturated carbocycles. The van der Waals surface area contributed by atoms with Gasteiger partial charge in [-0.2, -0.15) is 0 Å². The van der Waals surface area contributed by atoms with Gasteiger partial charge in [-0.3, -0.25) is 4.79 Å². The average Bonchev–Trinajstić information content (AvgIpc) is 2.78. The lowest BCUT2D eigenvalue weighted by molar-refractivity contribution is 0.0922. The molecule has 0 spiro atoms. The predicted molar refractivity (Wildman–Crippen MR) is 73.3 cm³/mol. The molecule has 0 aliphatic carbocycles. The number of nitrogens with one attached hydrogen (secondary N) is 1. The fourth-order valence-corrected chi connectivity index (χ4v) is 2.55. The summed E-state index contributed by atoms with van der Waals surface area (Å²) in [6.07, 6.45) is 5.44. The van der Waals surface area contributed by atoms with Crippen molar-refractivity contribution in [3.63, 3.8) is 0 Å². The smallest absolute Gasteiger partial charge is 0.270 e. The maximum atomic E-state index is 12.2. The van der Waals surface area contributed by atoms with Crippen LogP contribution in [0.3, 0.4) is 0 Å². The molecule has 2 aromatic rings. The Morgan fingerprint density at radius 3 is 3.05 bits per heavy atom. The number of hydrogen-bond acceptors (Lipinski definition) is 4. The van der Waals surface area contributed by atoms with Crippen LogP contribution in [-0.2, 0) is 13.0 Å². The summed E-state index contributed by atoms with van der Waals surface area (Å²) in [5, 5.41) is 3.03. The van der Waals surface area contributed by atoms with Crippen molar-refractivity contribution in [3.8, 4) is 0 Å². The second kappa shape index (κ2) is 5.03. The van der Waals surface area contributed by atoms with Crippen molar-refractivity contribution < 1.29 is 4.79 Å². The minimum absolute atomic E-state index is 0.124. The third-order valence-electron chi connectivity index (χ3n) is 3.46. The SMILES string of the molecule is Cc1cn2c(n1)CC[C@H](NC(=O)c1ccnc(C)n1)C2. The van der Waals surface area contributed by atoms with Gasteiger partial charge in [0.2, 0.25) is 0 Å². The van der Waals surface area contributed by atoms with Gasteiger partial charge in [0.1, 0.15) is 17.3 Å². The molecule has 3 heterocycles. The van der Waals surface area contributed by atoms with Gasteiger partial charge in [-0.05, 0) is 26.3 Å². The molecule has 2 aromatic heterocycles. The summed E-state index contributed by atoms with van der Waals surface area (Å²) in [7, 11) is 0. The summed E-state index contributed by atoms with van der Waals surface area (Å²) in [5.41, 5.74) is 1.45. The molecular weight excluding hydrogens is 254 g/mol. The fraction of sp³-hybridized carbons (Fsp3) is 0.429. The molecule has 0 saturated heterocycles. The molecule has 6 nitrogen and oxygen atoms in total. The molecule has 1 N–H and O–H groups in total. The molecule has 104 valence electrons. The van der Waals surface area contributed by atoms with E-state index >= 15 is 0 Å². The van der Waals surface area contributed by atoms with Crippen LogP contribution in [0.4, 0.5) is 0 Å². The van der Waals surface area contributed by atoms with Gasteiger partial charge in [0.05, 0.1) is 5.69 Å². The maximum Gasteiger partial charge on any atom is 0.270 e. The molecule has 1 amide bonds. The van der Waals surface area contributed by atoms with E-state index in [0.717, 1.165) is 30.9 Å². The Labute approximate surface area is 117 Å². The second-order valence-electron chi connectivity index (χ2n) is 5.15. The summed E-state index contributed by atoms with van der Waals surface area (Å²) < 4.78 is 2.12. The van der Waals surface area contributed by atoms with Crippen LogP contribution < -0.4 is 5.32 Å². The zero-order chi connectivity index (χ0) is 14.1. The van der Waals surface area contributed by atoms with Crippen LogP contribution in [-0.4, -0.2) is 31.5 Å². The van der Waals surface area contributed by atoms with Crippen molar-refractivity contribution in [1.29, 1.82) is 0 Å². The number of amides is 1. The highest BCUT2D eigenvalue weighted by Gasteiger charge is 2.22. The van der Waals surface area contributed by atoms with E-state index in [2.05, 4.69) is 24.8 Å². The summed E-state index contributed by atoms with van der Waals surface area (Å²) in [6.45, 7) is 4.53. The average molecular weight is 271 g/mol. The van der Waals surface area contributed by atoms with Crippen LogP contribution in [0.25, 0.3) is 0 Å². The molecule has 1 aliphatic heterocycles. The van der Waals surface area contributed by atoms with Gasteiger partial charge < -0.3 is 9.88 Å². The minimum atomic E-state index is -0.138. The third kappa shape index (κ3) is 2.54. The Morgan fingerprint density at radius 2 is 2.25 bits per heavy atom. The zero-order valence-corrected chi connectivity index (χ0v) is 11.6. The molecule has 0 aromatic carbocycles. The molecule has 1 atom stereocenters. The summed E-state index contributed by atoms with van der Waals surface area (Å²) in [6, 6.07) is 1.76. The highest BCUT2D eigenvalue weighted by atomic mass is 16.1. The van der Waals surface area contributed by atoms with E-state index in [1.165, 1.54) is 0 Å². The fourth-order valence-electron chi connectivity index (χ4n) is 2.55. The summed E-state index contributed by atoms with van der Waals surface area (Å²) >= 11 is 0. The lowest BCUT2D eigenvalue weighted by Gasteiger charge is -2.24. The van der Waals surface area contributed by atoms with E-state index in [1.807, 2.05) is 13.1 Å². The number of aryl methyl sites for hydroxylation is 3. The molecule has 0 bridgehead atoms. The Kier molecular flexibility index (Phi) is 3.22. The highest BCUT2D eigenvalue weighted by molar-refractivity contribution is 5.92. The number of carbonyl (C=O) groups excluding carboxylic acids is 1. The maximum absolute atomic E-state index is 12.2. The molecular formula is C14H17N5O. The number of fused-ring (bicyclic) bond motifs is 1. The van der Waals surface area contributed by atoms with Gasteiger partial charge in [-0.1, -0.05) is 0 Å². The Balaban J connectivity index is 1.69. The van der Waals surface area contributed by atoms with Gasteiger partial charge in [-0.15, -0.1) is 0 Å². The molecule has 0 unspecified atom stereocenters. The van der Waals surface area contributed by atoms with E-state index in [9.17, 15) is 4.79 Å². The first-order valence-corrected chi connectivity index (χ1v) is 6.75. The quantitative estimate of drug-likeness (QED) is 0.885. The van der Waals surface area contributed by atoms with Gasteiger partial charge in [0, 0.05) is 31.4 Å². The van der Waals surface area contributed by atoms with Gasteiger partial charge in [-0.25, -0.2) is 15.0 Å². The Hall–Kier alpha value is -2.24. The minimum Gasteiger partial charge on any atom is -0.346 e. The number of nitrogens with zero attached hydrogens (tertiary/aromatic N) is 4. The standard InChI is InChI=1S/C14H17N5O/c1-9-7-19-8-11(3-4-13(19)16-9)18-14(20)12-5-6-15-10(2)17-12/h5-7,11H,3-4,8H2,1-2H3,(H,18,20)/t11-/m0/s1. The first kappa shape index (κ1) is 12.8. The molecule has 0 radical (unpaired) electrons. The molecule has 0 fully saturated rings. The number of carbonyl (C=O) groups is 1. The topological polar surface area (TPSA) is 72.7 Å². The Bertz CT molecular complexity index is 649. The van der Waals surface area contributed by atoms with Gasteiger partial charge in [0.15, 0.2) is 0 Å². The van der Waals surface area contributed by atoms with Gasteiger partial charge in [0.25, 0.3) is 5.91 Å². The number of hydrogen-bond donors (Lipinski definition) is 1. The van der Waals surface area contributed by atoms with E-state index in [1.54, 1.807) is 19.2 Å². The van der Waals surface area contributed by atoms with Crippen molar-refractivity contribution in [2.24, 2.45) is 0 Å². The second-order valence-corrected chi connectivity index (χ2v) is 5.15. The van der Waals surface area contributed by atoms with Crippen LogP contribution >= 0.6 is 0 Å². The van der Waals surface area contributed by atoms with Crippen LogP contribution in [0.2, 0.25) is 0 Å². The molecule has 1 aliphatic rings. The monoisotopic (exact) mass is 271 g/mol. The van der Waals surface area contributed by atoms with E-state index in [0.29, 0.717) is 11.5 Å². The van der Waals surface area contributed by atoms with E-state index < -0.39 is 0 Å². The lowest BCUT2D eigenvalue weighted by Crippen LogP contribution is -2.41. The normalized spacial score (nSPS) is 17.6. The number of imidazole rings is 1. The first-order chi connectivity index (χ1) is 9.61. The lowest BCUT2D eigenvalue weighted by atomic mass is 10.1. The largest absolute Gasteiger partial charge is 0.346 e. The first-order valence-electron chi connectivity index (χ1n) is 6.75. The van der Waals surface area contributed by atoms with Gasteiger partial charge >= 0.3 is 0 Å². The van der Waals surface area contributed by atoms with Crippen molar-refractivity contribution in [2.45, 2.75) is 39.3 Å². The highest BCUT2D eigenvalue weighted by Crippen LogP contribution is 2.15.